The number of pyridine rings is 1. The van der Waals surface area contributed by atoms with Gasteiger partial charge in [0.1, 0.15) is 0 Å². The van der Waals surface area contributed by atoms with Crippen molar-refractivity contribution in [3.63, 3.8) is 0 Å². The predicted molar refractivity (Wildman–Crippen MR) is 90.9 cm³/mol. The Morgan fingerprint density at radius 1 is 1.42 bits per heavy atom. The Morgan fingerprint density at radius 2 is 2.21 bits per heavy atom. The van der Waals surface area contributed by atoms with Crippen LogP contribution in [-0.4, -0.2) is 40.3 Å². The molecule has 24 heavy (non-hydrogen) atoms. The minimum atomic E-state index is -0.570. The van der Waals surface area contributed by atoms with E-state index >= 15 is 0 Å². The average Bonchev–Trinajstić information content (AvgIpc) is 3.20. The standard InChI is InChI=1S/C16H16N4O3S/c1-9-14-10(16(22)23-8-13(21)17-2)7-11(12-5-4-6-24-12)18-15(14)20(3)19-9/h4-7H,8H2,1-3H3,(H,17,21). The second-order valence-electron chi connectivity index (χ2n) is 5.19. The van der Waals surface area contributed by atoms with E-state index in [0.29, 0.717) is 28.0 Å². The van der Waals surface area contributed by atoms with Crippen LogP contribution in [-0.2, 0) is 16.6 Å². The number of amides is 1. The summed E-state index contributed by atoms with van der Waals surface area (Å²) in [5.74, 6) is -0.935. The lowest BCUT2D eigenvalue weighted by Gasteiger charge is -2.07. The molecule has 0 bridgehead atoms. The van der Waals surface area contributed by atoms with Crippen LogP contribution in [0.5, 0.6) is 0 Å². The van der Waals surface area contributed by atoms with Gasteiger partial charge in [0.15, 0.2) is 12.3 Å². The van der Waals surface area contributed by atoms with Crippen LogP contribution in [0.2, 0.25) is 0 Å². The molecule has 0 saturated carbocycles. The first-order chi connectivity index (χ1) is 11.5. The number of carbonyl (C=O) groups is 2. The minimum Gasteiger partial charge on any atom is -0.452 e. The van der Waals surface area contributed by atoms with Gasteiger partial charge in [0, 0.05) is 14.1 Å². The fourth-order valence-electron chi connectivity index (χ4n) is 2.44. The number of thiophene rings is 1. The van der Waals surface area contributed by atoms with Crippen LogP contribution in [0, 0.1) is 6.92 Å². The van der Waals surface area contributed by atoms with Crippen LogP contribution < -0.4 is 5.32 Å². The quantitative estimate of drug-likeness (QED) is 0.731. The van der Waals surface area contributed by atoms with Crippen molar-refractivity contribution >= 4 is 34.2 Å². The molecule has 0 atom stereocenters. The van der Waals surface area contributed by atoms with Gasteiger partial charge in [0.25, 0.3) is 5.91 Å². The molecule has 0 spiro atoms. The third-order valence-electron chi connectivity index (χ3n) is 3.58. The van der Waals surface area contributed by atoms with E-state index in [9.17, 15) is 9.59 Å². The summed E-state index contributed by atoms with van der Waals surface area (Å²) in [5, 5.41) is 9.33. The number of nitrogens with one attached hydrogen (secondary N) is 1. The summed E-state index contributed by atoms with van der Waals surface area (Å²) >= 11 is 1.53. The third-order valence-corrected chi connectivity index (χ3v) is 4.47. The number of rotatable bonds is 4. The number of likely N-dealkylation sites (N-methyl/N-ethyl adjacent to an activating group) is 1. The molecule has 124 valence electrons. The molecule has 1 amide bonds. The molecule has 1 N–H and O–H groups in total. The van der Waals surface area contributed by atoms with E-state index in [1.54, 1.807) is 17.8 Å². The monoisotopic (exact) mass is 344 g/mol. The van der Waals surface area contributed by atoms with E-state index in [4.69, 9.17) is 4.74 Å². The lowest BCUT2D eigenvalue weighted by molar-refractivity contribution is -0.123. The Kier molecular flexibility index (Phi) is 4.30. The number of carbonyl (C=O) groups excluding carboxylic acids is 2. The van der Waals surface area contributed by atoms with Gasteiger partial charge in [-0.2, -0.15) is 5.10 Å². The van der Waals surface area contributed by atoms with Crippen LogP contribution in [0.3, 0.4) is 0 Å². The van der Waals surface area contributed by atoms with Crippen LogP contribution in [0.4, 0.5) is 0 Å². The number of esters is 1. The summed E-state index contributed by atoms with van der Waals surface area (Å²) in [6, 6.07) is 5.54. The molecule has 3 aromatic heterocycles. The first kappa shape index (κ1) is 16.1. The number of ether oxygens (including phenoxy) is 1. The molecule has 0 radical (unpaired) electrons. The van der Waals surface area contributed by atoms with Crippen LogP contribution >= 0.6 is 11.3 Å². The van der Waals surface area contributed by atoms with Crippen molar-refractivity contribution in [2.24, 2.45) is 7.05 Å². The average molecular weight is 344 g/mol. The second-order valence-corrected chi connectivity index (χ2v) is 6.14. The predicted octanol–water partition coefficient (Wildman–Crippen LogP) is 1.91. The molecule has 0 aliphatic carbocycles. The number of aromatic nitrogens is 3. The van der Waals surface area contributed by atoms with Crippen LogP contribution in [0.25, 0.3) is 21.6 Å². The van der Waals surface area contributed by atoms with E-state index in [-0.39, 0.29) is 12.5 Å². The van der Waals surface area contributed by atoms with Crippen LogP contribution in [0.15, 0.2) is 23.6 Å². The molecule has 0 aliphatic heterocycles. The highest BCUT2D eigenvalue weighted by atomic mass is 32.1. The SMILES string of the molecule is CNC(=O)COC(=O)c1cc(-c2cccs2)nc2c1c(C)nn2C. The van der Waals surface area contributed by atoms with Crippen molar-refractivity contribution in [3.8, 4) is 10.6 Å². The molecular formula is C16H16N4O3S. The Morgan fingerprint density at radius 3 is 2.88 bits per heavy atom. The molecule has 0 saturated heterocycles. The number of hydrogen-bond donors (Lipinski definition) is 1. The highest BCUT2D eigenvalue weighted by molar-refractivity contribution is 7.13. The molecule has 3 heterocycles. The molecule has 0 aliphatic rings. The van der Waals surface area contributed by atoms with Crippen molar-refractivity contribution in [1.29, 1.82) is 0 Å². The van der Waals surface area contributed by atoms with Crippen molar-refractivity contribution in [2.75, 3.05) is 13.7 Å². The Labute approximate surface area is 142 Å². The molecule has 8 heteroatoms. The van der Waals surface area contributed by atoms with E-state index in [1.807, 2.05) is 24.4 Å². The van der Waals surface area contributed by atoms with Crippen molar-refractivity contribution in [2.45, 2.75) is 6.92 Å². The van der Waals surface area contributed by atoms with Gasteiger partial charge in [-0.1, -0.05) is 6.07 Å². The Balaban J connectivity index is 2.10. The minimum absolute atomic E-state index is 0.327. The van der Waals surface area contributed by atoms with Gasteiger partial charge in [0.05, 0.1) is 27.2 Å². The highest BCUT2D eigenvalue weighted by Crippen LogP contribution is 2.29. The van der Waals surface area contributed by atoms with Gasteiger partial charge >= 0.3 is 5.97 Å². The first-order valence-corrected chi connectivity index (χ1v) is 8.15. The number of fused-ring (bicyclic) bond motifs is 1. The maximum atomic E-state index is 12.5. The van der Waals surface area contributed by atoms with E-state index in [2.05, 4.69) is 15.4 Å². The molecule has 3 aromatic rings. The molecule has 0 fully saturated rings. The number of nitrogens with zero attached hydrogens (tertiary/aromatic N) is 3. The third kappa shape index (κ3) is 2.88. The second kappa shape index (κ2) is 6.40. The largest absolute Gasteiger partial charge is 0.452 e. The molecule has 0 unspecified atom stereocenters. The smallest absolute Gasteiger partial charge is 0.339 e. The summed E-state index contributed by atoms with van der Waals surface area (Å²) in [7, 11) is 3.27. The Bertz CT molecular complexity index is 915. The normalized spacial score (nSPS) is 10.8. The van der Waals surface area contributed by atoms with Crippen molar-refractivity contribution in [3.05, 3.63) is 34.8 Å². The zero-order valence-electron chi connectivity index (χ0n) is 13.5. The molecule has 7 nitrogen and oxygen atoms in total. The van der Waals surface area contributed by atoms with Gasteiger partial charge in [-0.05, 0) is 24.4 Å². The fraction of sp³-hybridized carbons (Fsp3) is 0.250. The topological polar surface area (TPSA) is 86.1 Å². The van der Waals surface area contributed by atoms with Crippen LogP contribution in [0.1, 0.15) is 16.1 Å². The highest BCUT2D eigenvalue weighted by Gasteiger charge is 2.21. The number of hydrogen-bond acceptors (Lipinski definition) is 6. The maximum Gasteiger partial charge on any atom is 0.339 e. The zero-order valence-corrected chi connectivity index (χ0v) is 14.3. The lowest BCUT2D eigenvalue weighted by Crippen LogP contribution is -2.25. The summed E-state index contributed by atoms with van der Waals surface area (Å²) in [4.78, 5) is 29.4. The summed E-state index contributed by atoms with van der Waals surface area (Å²) in [6.07, 6.45) is 0. The molecule has 0 aromatic carbocycles. The molecule has 3 rings (SSSR count). The zero-order chi connectivity index (χ0) is 17.3. The van der Waals surface area contributed by atoms with Crippen molar-refractivity contribution < 1.29 is 14.3 Å². The van der Waals surface area contributed by atoms with Gasteiger partial charge in [-0.15, -0.1) is 11.3 Å². The first-order valence-electron chi connectivity index (χ1n) is 7.27. The Hall–Kier alpha value is -2.74. The summed E-state index contributed by atoms with van der Waals surface area (Å²) in [6.45, 7) is 1.48. The molecular weight excluding hydrogens is 328 g/mol. The van der Waals surface area contributed by atoms with Gasteiger partial charge < -0.3 is 10.1 Å². The summed E-state index contributed by atoms with van der Waals surface area (Å²) in [5.41, 5.74) is 2.32. The van der Waals surface area contributed by atoms with Gasteiger partial charge in [-0.25, -0.2) is 9.78 Å². The van der Waals surface area contributed by atoms with Crippen molar-refractivity contribution in [1.82, 2.24) is 20.1 Å². The van der Waals surface area contributed by atoms with E-state index in [0.717, 1.165) is 4.88 Å². The fourth-order valence-corrected chi connectivity index (χ4v) is 3.12. The lowest BCUT2D eigenvalue weighted by atomic mass is 10.1. The maximum absolute atomic E-state index is 12.5. The van der Waals surface area contributed by atoms with E-state index in [1.165, 1.54) is 18.4 Å². The van der Waals surface area contributed by atoms with Gasteiger partial charge in [-0.3, -0.25) is 9.48 Å². The summed E-state index contributed by atoms with van der Waals surface area (Å²) < 4.78 is 6.75. The number of aryl methyl sites for hydroxylation is 2. The van der Waals surface area contributed by atoms with Gasteiger partial charge in [0.2, 0.25) is 0 Å². The van der Waals surface area contributed by atoms with E-state index < -0.39 is 5.97 Å².